The fourth-order valence-electron chi connectivity index (χ4n) is 4.08. The molecule has 1 aromatic heterocycles. The van der Waals surface area contributed by atoms with E-state index < -0.39 is 0 Å². The van der Waals surface area contributed by atoms with E-state index in [0.29, 0.717) is 41.4 Å². The van der Waals surface area contributed by atoms with Crippen LogP contribution in [0.25, 0.3) is 10.9 Å². The molecule has 0 radical (unpaired) electrons. The molecule has 0 spiro atoms. The molecule has 3 unspecified atom stereocenters. The Morgan fingerprint density at radius 1 is 1.32 bits per heavy atom. The molecular weight excluding hydrogens is 418 g/mol. The van der Waals surface area contributed by atoms with Gasteiger partial charge in [-0.25, -0.2) is 9.78 Å². The Labute approximate surface area is 184 Å². The minimum atomic E-state index is -0.154. The van der Waals surface area contributed by atoms with Gasteiger partial charge in [-0.1, -0.05) is 6.42 Å². The third-order valence-corrected chi connectivity index (χ3v) is 7.23. The van der Waals surface area contributed by atoms with Crippen LogP contribution in [0, 0.1) is 0 Å². The van der Waals surface area contributed by atoms with Crippen molar-refractivity contribution in [3.63, 3.8) is 0 Å². The standard InChI is InChI=1S/C21H27N5O4S/c1-30-9-8-26-12-22-15-7-6-13(10-14(15)20(26)28)23-18(27)5-3-2-4-17-19-16(11-31-17)24-21(29)25-19/h6-7,10,12,16-17,19H,2-5,8-9,11H2,1H3,(H,23,27)(H2,24,25,29). The smallest absolute Gasteiger partial charge is 0.315 e. The van der Waals surface area contributed by atoms with Gasteiger partial charge in [0.2, 0.25) is 5.91 Å². The van der Waals surface area contributed by atoms with E-state index in [4.69, 9.17) is 4.74 Å². The predicted molar refractivity (Wildman–Crippen MR) is 120 cm³/mol. The number of benzene rings is 1. The van der Waals surface area contributed by atoms with Gasteiger partial charge in [0.25, 0.3) is 5.56 Å². The Kier molecular flexibility index (Phi) is 6.77. The number of aromatic nitrogens is 2. The lowest BCUT2D eigenvalue weighted by Crippen LogP contribution is -2.36. The van der Waals surface area contributed by atoms with Crippen molar-refractivity contribution in [3.8, 4) is 0 Å². The normalized spacial score (nSPS) is 22.2. The molecule has 2 saturated heterocycles. The summed E-state index contributed by atoms with van der Waals surface area (Å²) in [7, 11) is 1.58. The van der Waals surface area contributed by atoms with Crippen LogP contribution < -0.4 is 21.5 Å². The van der Waals surface area contributed by atoms with Gasteiger partial charge in [-0.3, -0.25) is 14.2 Å². The fraction of sp³-hybridized carbons (Fsp3) is 0.524. The number of fused-ring (bicyclic) bond motifs is 2. The summed E-state index contributed by atoms with van der Waals surface area (Å²) in [6.07, 6.45) is 4.61. The molecule has 3 heterocycles. The average Bonchev–Trinajstić information content (AvgIpc) is 3.30. The molecule has 2 aliphatic rings. The minimum absolute atomic E-state index is 0.0734. The highest BCUT2D eigenvalue weighted by Gasteiger charge is 2.42. The summed E-state index contributed by atoms with van der Waals surface area (Å²) in [6, 6.07) is 5.53. The van der Waals surface area contributed by atoms with E-state index in [-0.39, 0.29) is 29.6 Å². The van der Waals surface area contributed by atoms with Crippen LogP contribution in [0.1, 0.15) is 25.7 Å². The number of anilines is 1. The second-order valence-electron chi connectivity index (χ2n) is 7.88. The van der Waals surface area contributed by atoms with Crippen LogP contribution in [0.2, 0.25) is 0 Å². The summed E-state index contributed by atoms with van der Waals surface area (Å²) in [5, 5.41) is 9.69. The predicted octanol–water partition coefficient (Wildman–Crippen LogP) is 1.71. The average molecular weight is 446 g/mol. The van der Waals surface area contributed by atoms with Crippen molar-refractivity contribution in [2.45, 2.75) is 49.6 Å². The van der Waals surface area contributed by atoms with E-state index >= 15 is 0 Å². The van der Waals surface area contributed by atoms with Crippen molar-refractivity contribution >= 4 is 40.3 Å². The Balaban J connectivity index is 1.27. The molecular formula is C21H27N5O4S. The number of nitrogens with zero attached hydrogens (tertiary/aromatic N) is 2. The molecule has 2 aromatic rings. The topological polar surface area (TPSA) is 114 Å². The van der Waals surface area contributed by atoms with E-state index in [1.54, 1.807) is 25.3 Å². The number of hydrogen-bond donors (Lipinski definition) is 3. The van der Waals surface area contributed by atoms with Gasteiger partial charge in [-0.2, -0.15) is 11.8 Å². The first-order chi connectivity index (χ1) is 15.0. The van der Waals surface area contributed by atoms with Crippen molar-refractivity contribution in [1.82, 2.24) is 20.2 Å². The van der Waals surface area contributed by atoms with Gasteiger partial charge in [-0.15, -0.1) is 0 Å². The summed E-state index contributed by atoms with van der Waals surface area (Å²) < 4.78 is 6.53. The van der Waals surface area contributed by atoms with Crippen molar-refractivity contribution < 1.29 is 14.3 Å². The van der Waals surface area contributed by atoms with Gasteiger partial charge in [0, 0.05) is 30.2 Å². The molecule has 31 heavy (non-hydrogen) atoms. The van der Waals surface area contributed by atoms with E-state index in [1.807, 2.05) is 11.8 Å². The third kappa shape index (κ3) is 5.01. The first kappa shape index (κ1) is 21.6. The highest BCUT2D eigenvalue weighted by atomic mass is 32.2. The summed E-state index contributed by atoms with van der Waals surface area (Å²) in [4.78, 5) is 40.7. The van der Waals surface area contributed by atoms with Crippen LogP contribution >= 0.6 is 11.8 Å². The maximum absolute atomic E-state index is 12.6. The van der Waals surface area contributed by atoms with Gasteiger partial charge in [-0.05, 0) is 31.0 Å². The minimum Gasteiger partial charge on any atom is -0.383 e. The van der Waals surface area contributed by atoms with E-state index in [2.05, 4.69) is 20.9 Å². The van der Waals surface area contributed by atoms with E-state index in [9.17, 15) is 14.4 Å². The van der Waals surface area contributed by atoms with E-state index in [0.717, 1.165) is 25.0 Å². The highest BCUT2D eigenvalue weighted by molar-refractivity contribution is 8.00. The summed E-state index contributed by atoms with van der Waals surface area (Å²) >= 11 is 1.88. The fourth-order valence-corrected chi connectivity index (χ4v) is 5.63. The van der Waals surface area contributed by atoms with Gasteiger partial charge >= 0.3 is 6.03 Å². The quantitative estimate of drug-likeness (QED) is 0.400. The molecule has 3 N–H and O–H groups in total. The maximum Gasteiger partial charge on any atom is 0.315 e. The number of thioether (sulfide) groups is 1. The van der Waals surface area contributed by atoms with Crippen molar-refractivity contribution in [3.05, 3.63) is 34.9 Å². The molecule has 9 nitrogen and oxygen atoms in total. The first-order valence-electron chi connectivity index (χ1n) is 10.5. The number of ether oxygens (including phenoxy) is 1. The lowest BCUT2D eigenvalue weighted by molar-refractivity contribution is -0.116. The number of rotatable bonds is 9. The molecule has 0 aliphatic carbocycles. The molecule has 3 amide bonds. The van der Waals surface area contributed by atoms with Crippen LogP contribution in [0.15, 0.2) is 29.3 Å². The summed E-state index contributed by atoms with van der Waals surface area (Å²) in [5.41, 5.74) is 1.03. The lowest BCUT2D eigenvalue weighted by atomic mass is 10.0. The number of amides is 3. The number of unbranched alkanes of at least 4 members (excludes halogenated alkanes) is 1. The van der Waals surface area contributed by atoms with E-state index in [1.165, 1.54) is 10.9 Å². The molecule has 1 aromatic carbocycles. The molecule has 2 fully saturated rings. The van der Waals surface area contributed by atoms with Gasteiger partial charge in [0.15, 0.2) is 0 Å². The second kappa shape index (κ2) is 9.69. The molecule has 166 valence electrons. The zero-order valence-corrected chi connectivity index (χ0v) is 18.2. The molecule has 0 saturated carbocycles. The maximum atomic E-state index is 12.6. The monoisotopic (exact) mass is 445 g/mol. The number of methoxy groups -OCH3 is 1. The van der Waals surface area contributed by atoms with Gasteiger partial charge in [0.05, 0.1) is 42.5 Å². The Hall–Kier alpha value is -2.59. The SMILES string of the molecule is COCCn1cnc2ccc(NC(=O)CCCCC3SCC4NC(=O)NC43)cc2c1=O. The lowest BCUT2D eigenvalue weighted by Gasteiger charge is -2.16. The van der Waals surface area contributed by atoms with Crippen molar-refractivity contribution in [2.75, 3.05) is 24.8 Å². The van der Waals surface area contributed by atoms with Crippen LogP contribution in [-0.2, 0) is 16.1 Å². The molecule has 10 heteroatoms. The highest BCUT2D eigenvalue weighted by Crippen LogP contribution is 2.33. The summed E-state index contributed by atoms with van der Waals surface area (Å²) in [6.45, 7) is 0.850. The summed E-state index contributed by atoms with van der Waals surface area (Å²) in [5.74, 6) is 0.870. The van der Waals surface area contributed by atoms with Crippen LogP contribution in [0.3, 0.4) is 0 Å². The Morgan fingerprint density at radius 3 is 3.03 bits per heavy atom. The van der Waals surface area contributed by atoms with Crippen molar-refractivity contribution in [1.29, 1.82) is 0 Å². The zero-order valence-electron chi connectivity index (χ0n) is 17.4. The number of carbonyl (C=O) groups is 2. The number of carbonyl (C=O) groups excluding carboxylic acids is 2. The van der Waals surface area contributed by atoms with Crippen LogP contribution in [0.4, 0.5) is 10.5 Å². The second-order valence-corrected chi connectivity index (χ2v) is 9.16. The van der Waals surface area contributed by atoms with Gasteiger partial charge in [0.1, 0.15) is 0 Å². The Morgan fingerprint density at radius 2 is 2.19 bits per heavy atom. The van der Waals surface area contributed by atoms with Crippen LogP contribution in [-0.4, -0.2) is 58.3 Å². The number of nitrogens with one attached hydrogen (secondary N) is 3. The molecule has 3 atom stereocenters. The largest absolute Gasteiger partial charge is 0.383 e. The van der Waals surface area contributed by atoms with Crippen molar-refractivity contribution in [2.24, 2.45) is 0 Å². The third-order valence-electron chi connectivity index (χ3n) is 5.72. The molecule has 0 bridgehead atoms. The van der Waals surface area contributed by atoms with Crippen LogP contribution in [0.5, 0.6) is 0 Å². The first-order valence-corrected chi connectivity index (χ1v) is 11.6. The molecule has 4 rings (SSSR count). The molecule has 2 aliphatic heterocycles. The number of urea groups is 1. The Bertz CT molecular complexity index is 1030. The van der Waals surface area contributed by atoms with Gasteiger partial charge < -0.3 is 20.7 Å². The zero-order chi connectivity index (χ0) is 21.8. The number of hydrogen-bond acceptors (Lipinski definition) is 6.